The number of aromatic nitrogens is 1. The molecule has 3 heteroatoms. The lowest BCUT2D eigenvalue weighted by atomic mass is 9.91. The van der Waals surface area contributed by atoms with Crippen LogP contribution in [0.3, 0.4) is 0 Å². The van der Waals surface area contributed by atoms with Gasteiger partial charge in [-0.1, -0.05) is 72.8 Å². The third-order valence-corrected chi connectivity index (χ3v) is 7.92. The van der Waals surface area contributed by atoms with Crippen LogP contribution >= 0.6 is 15.9 Å². The van der Waals surface area contributed by atoms with Crippen molar-refractivity contribution in [3.8, 4) is 22.9 Å². The molecule has 7 rings (SSSR count). The van der Waals surface area contributed by atoms with Crippen molar-refractivity contribution in [2.45, 2.75) is 0 Å². The van der Waals surface area contributed by atoms with E-state index in [2.05, 4.69) is 124 Å². The van der Waals surface area contributed by atoms with Crippen molar-refractivity contribution in [1.82, 2.24) is 4.57 Å². The average Bonchev–Trinajstić information content (AvgIpc) is 3.27. The van der Waals surface area contributed by atoms with E-state index >= 15 is 0 Å². The number of nitrogens with zero attached hydrogens (tertiary/aromatic N) is 2. The maximum Gasteiger partial charge on any atom is 0.0991 e. The van der Waals surface area contributed by atoms with Crippen molar-refractivity contribution >= 4 is 59.3 Å². The second kappa shape index (κ2) is 8.09. The van der Waals surface area contributed by atoms with E-state index in [1.54, 1.807) is 0 Å². The minimum absolute atomic E-state index is 0.666. The van der Waals surface area contributed by atoms with Crippen LogP contribution in [0.25, 0.3) is 60.2 Å². The first-order valence-corrected chi connectivity index (χ1v) is 12.7. The zero-order valence-electron chi connectivity index (χ0n) is 19.2. The summed E-state index contributed by atoms with van der Waals surface area (Å²) in [6.07, 6.45) is 0. The first-order chi connectivity index (χ1) is 17.7. The largest absolute Gasteiger partial charge is 0.309 e. The summed E-state index contributed by atoms with van der Waals surface area (Å²) < 4.78 is 3.41. The molecule has 0 radical (unpaired) electrons. The van der Waals surface area contributed by atoms with E-state index in [0.717, 1.165) is 37.5 Å². The highest BCUT2D eigenvalue weighted by atomic mass is 79.9. The molecular weight excluding hydrogens is 504 g/mol. The maximum absolute atomic E-state index is 9.63. The summed E-state index contributed by atoms with van der Waals surface area (Å²) in [4.78, 5) is 0. The van der Waals surface area contributed by atoms with Crippen LogP contribution in [0.4, 0.5) is 0 Å². The Kier molecular flexibility index (Phi) is 4.70. The second-order valence-corrected chi connectivity index (χ2v) is 9.82. The average molecular weight is 523 g/mol. The van der Waals surface area contributed by atoms with Gasteiger partial charge in [-0.3, -0.25) is 0 Å². The van der Waals surface area contributed by atoms with Crippen molar-refractivity contribution in [3.63, 3.8) is 0 Å². The highest BCUT2D eigenvalue weighted by Crippen LogP contribution is 2.43. The first kappa shape index (κ1) is 20.9. The summed E-state index contributed by atoms with van der Waals surface area (Å²) in [5.74, 6) is 0. The Morgan fingerprint density at radius 1 is 0.556 bits per heavy atom. The quantitative estimate of drug-likeness (QED) is 0.208. The molecule has 0 spiro atoms. The molecule has 0 N–H and O–H groups in total. The maximum atomic E-state index is 9.63. The topological polar surface area (TPSA) is 28.7 Å². The third-order valence-electron chi connectivity index (χ3n) is 7.06. The third kappa shape index (κ3) is 3.02. The molecule has 0 unspecified atom stereocenters. The van der Waals surface area contributed by atoms with Gasteiger partial charge in [0.15, 0.2) is 0 Å². The number of benzene rings is 6. The van der Waals surface area contributed by atoms with Gasteiger partial charge in [0, 0.05) is 20.9 Å². The zero-order valence-corrected chi connectivity index (χ0v) is 20.8. The lowest BCUT2D eigenvalue weighted by Gasteiger charge is -2.15. The molecule has 6 aromatic carbocycles. The van der Waals surface area contributed by atoms with E-state index in [-0.39, 0.29) is 0 Å². The Bertz CT molecular complexity index is 1950. The van der Waals surface area contributed by atoms with Gasteiger partial charge in [-0.05, 0) is 91.1 Å². The van der Waals surface area contributed by atoms with Crippen LogP contribution in [-0.2, 0) is 0 Å². The van der Waals surface area contributed by atoms with E-state index in [1.165, 1.54) is 27.1 Å². The number of para-hydroxylation sites is 1. The summed E-state index contributed by atoms with van der Waals surface area (Å²) in [5.41, 5.74) is 6.38. The van der Waals surface area contributed by atoms with Crippen LogP contribution in [0.2, 0.25) is 0 Å². The van der Waals surface area contributed by atoms with Gasteiger partial charge < -0.3 is 4.57 Å². The van der Waals surface area contributed by atoms with Crippen molar-refractivity contribution in [2.24, 2.45) is 0 Å². The normalized spacial score (nSPS) is 11.4. The number of hydrogen-bond donors (Lipinski definition) is 0. The van der Waals surface area contributed by atoms with Crippen LogP contribution in [0, 0.1) is 11.3 Å². The molecule has 168 valence electrons. The van der Waals surface area contributed by atoms with E-state index in [9.17, 15) is 5.26 Å². The fraction of sp³-hybridized carbons (Fsp3) is 0. The molecule has 0 aliphatic rings. The van der Waals surface area contributed by atoms with Crippen molar-refractivity contribution in [2.75, 3.05) is 0 Å². The molecule has 0 bridgehead atoms. The molecule has 0 atom stereocenters. The van der Waals surface area contributed by atoms with E-state index in [1.807, 2.05) is 18.2 Å². The molecule has 0 saturated carbocycles. The zero-order chi connectivity index (χ0) is 24.2. The van der Waals surface area contributed by atoms with E-state index in [4.69, 9.17) is 0 Å². The molecule has 2 nitrogen and oxygen atoms in total. The standard InChI is InChI=1S/C33H19BrN2/c34-33-26-12-6-4-10-24(26)32(25-11-5-7-13-27(25)33)22-15-17-31-29(19-22)28-18-21(20-35)14-16-30(28)36(31)23-8-2-1-3-9-23/h1-19H. The molecule has 36 heavy (non-hydrogen) atoms. The Balaban J connectivity index is 1.62. The monoisotopic (exact) mass is 522 g/mol. The van der Waals surface area contributed by atoms with Crippen LogP contribution in [0.5, 0.6) is 0 Å². The number of nitriles is 1. The van der Waals surface area contributed by atoms with Gasteiger partial charge in [0.05, 0.1) is 22.7 Å². The van der Waals surface area contributed by atoms with Gasteiger partial charge in [-0.2, -0.15) is 5.26 Å². The fourth-order valence-electron chi connectivity index (χ4n) is 5.49. The van der Waals surface area contributed by atoms with Crippen LogP contribution in [0.15, 0.2) is 120 Å². The Hall–Kier alpha value is -4.39. The van der Waals surface area contributed by atoms with Crippen LogP contribution in [-0.4, -0.2) is 4.57 Å². The molecule has 0 aliphatic heterocycles. The van der Waals surface area contributed by atoms with Gasteiger partial charge in [-0.25, -0.2) is 0 Å². The number of halogens is 1. The SMILES string of the molecule is N#Cc1ccc2c(c1)c1cc(-c3c4ccccc4c(Br)c4ccccc34)ccc1n2-c1ccccc1. The summed E-state index contributed by atoms with van der Waals surface area (Å²) in [6, 6.07) is 42.6. The van der Waals surface area contributed by atoms with Crippen LogP contribution in [0.1, 0.15) is 5.56 Å². The number of rotatable bonds is 2. The fourth-order valence-corrected chi connectivity index (χ4v) is 6.18. The lowest BCUT2D eigenvalue weighted by Crippen LogP contribution is -1.93. The minimum atomic E-state index is 0.666. The predicted molar refractivity (Wildman–Crippen MR) is 154 cm³/mol. The molecular formula is C33H19BrN2. The predicted octanol–water partition coefficient (Wildman–Crippen LogP) is 9.39. The van der Waals surface area contributed by atoms with Gasteiger partial charge >= 0.3 is 0 Å². The van der Waals surface area contributed by atoms with Crippen LogP contribution < -0.4 is 0 Å². The molecule has 0 amide bonds. The van der Waals surface area contributed by atoms with Gasteiger partial charge in [0.1, 0.15) is 0 Å². The molecule has 0 saturated heterocycles. The van der Waals surface area contributed by atoms with E-state index in [0.29, 0.717) is 5.56 Å². The summed E-state index contributed by atoms with van der Waals surface area (Å²) in [7, 11) is 0. The molecule has 1 aromatic heterocycles. The molecule has 0 fully saturated rings. The lowest BCUT2D eigenvalue weighted by molar-refractivity contribution is 1.18. The van der Waals surface area contributed by atoms with Gasteiger partial charge in [0.25, 0.3) is 0 Å². The highest BCUT2D eigenvalue weighted by molar-refractivity contribution is 9.10. The number of hydrogen-bond acceptors (Lipinski definition) is 1. The van der Waals surface area contributed by atoms with Crippen molar-refractivity contribution in [3.05, 3.63) is 125 Å². The molecule has 1 heterocycles. The summed E-state index contributed by atoms with van der Waals surface area (Å²) in [6.45, 7) is 0. The number of fused-ring (bicyclic) bond motifs is 5. The van der Waals surface area contributed by atoms with Crippen molar-refractivity contribution < 1.29 is 0 Å². The Morgan fingerprint density at radius 3 is 1.75 bits per heavy atom. The highest BCUT2D eigenvalue weighted by Gasteiger charge is 2.17. The van der Waals surface area contributed by atoms with E-state index < -0.39 is 0 Å². The second-order valence-electron chi connectivity index (χ2n) is 9.03. The smallest absolute Gasteiger partial charge is 0.0991 e. The van der Waals surface area contributed by atoms with Gasteiger partial charge in [0.2, 0.25) is 0 Å². The van der Waals surface area contributed by atoms with Gasteiger partial charge in [-0.15, -0.1) is 0 Å². The molecule has 0 aliphatic carbocycles. The summed E-state index contributed by atoms with van der Waals surface area (Å²) >= 11 is 3.87. The minimum Gasteiger partial charge on any atom is -0.309 e. The molecule has 7 aromatic rings. The van der Waals surface area contributed by atoms with Crippen molar-refractivity contribution in [1.29, 1.82) is 5.26 Å². The summed E-state index contributed by atoms with van der Waals surface area (Å²) in [5, 5.41) is 16.7. The Morgan fingerprint density at radius 2 is 1.11 bits per heavy atom. The first-order valence-electron chi connectivity index (χ1n) is 11.9. The Labute approximate surface area is 216 Å².